The maximum absolute atomic E-state index is 12.9. The molecule has 8 heteroatoms. The van der Waals surface area contributed by atoms with E-state index < -0.39 is 21.9 Å². The van der Waals surface area contributed by atoms with E-state index in [1.165, 1.54) is 12.1 Å². The molecule has 2 N–H and O–H groups in total. The lowest BCUT2D eigenvalue weighted by atomic mass is 9.86. The summed E-state index contributed by atoms with van der Waals surface area (Å²) in [6.45, 7) is 5.49. The number of ether oxygens (including phenoxy) is 1. The van der Waals surface area contributed by atoms with Crippen molar-refractivity contribution in [3.63, 3.8) is 0 Å². The van der Waals surface area contributed by atoms with Gasteiger partial charge in [-0.1, -0.05) is 50.6 Å². The summed E-state index contributed by atoms with van der Waals surface area (Å²) in [5.41, 5.74) is 2.20. The summed E-state index contributed by atoms with van der Waals surface area (Å²) in [5, 5.41) is 5.21. The fourth-order valence-electron chi connectivity index (χ4n) is 4.05. The predicted molar refractivity (Wildman–Crippen MR) is 118 cm³/mol. The number of anilines is 1. The summed E-state index contributed by atoms with van der Waals surface area (Å²) in [5.74, 6) is -1.16. The molecule has 0 fully saturated rings. The molecule has 0 saturated heterocycles. The Morgan fingerprint density at radius 3 is 2.48 bits per heavy atom. The molecule has 0 saturated carbocycles. The highest BCUT2D eigenvalue weighted by molar-refractivity contribution is 7.89. The summed E-state index contributed by atoms with van der Waals surface area (Å²) in [6.07, 6.45) is 1.30. The molecule has 1 heterocycles. The topological polar surface area (TPSA) is 107 Å². The van der Waals surface area contributed by atoms with Crippen LogP contribution in [0.3, 0.4) is 0 Å². The normalized spacial score (nSPS) is 17.7. The molecule has 3 unspecified atom stereocenters. The van der Waals surface area contributed by atoms with Crippen molar-refractivity contribution in [1.29, 1.82) is 0 Å². The van der Waals surface area contributed by atoms with Crippen molar-refractivity contribution in [2.45, 2.75) is 50.5 Å². The molecule has 0 spiro atoms. The van der Waals surface area contributed by atoms with E-state index in [9.17, 15) is 18.0 Å². The van der Waals surface area contributed by atoms with Gasteiger partial charge >= 0.3 is 5.97 Å². The third-order valence-corrected chi connectivity index (χ3v) is 6.74. The van der Waals surface area contributed by atoms with E-state index in [2.05, 4.69) is 0 Å². The SMILES string of the molecule is CCC(C)C(C(=O)OCC(=O)N1c2ccc(S(N)(=O)=O)cc2CC1C)c1ccccc1. The van der Waals surface area contributed by atoms with Crippen LogP contribution in [0.1, 0.15) is 44.2 Å². The van der Waals surface area contributed by atoms with Crippen molar-refractivity contribution in [2.75, 3.05) is 11.5 Å². The fourth-order valence-corrected chi connectivity index (χ4v) is 4.61. The average Bonchev–Trinajstić information content (AvgIpc) is 3.07. The Bertz CT molecular complexity index is 1070. The third-order valence-electron chi connectivity index (χ3n) is 5.83. The second-order valence-corrected chi connectivity index (χ2v) is 9.60. The van der Waals surface area contributed by atoms with Crippen molar-refractivity contribution in [2.24, 2.45) is 11.1 Å². The summed E-state index contributed by atoms with van der Waals surface area (Å²) in [7, 11) is -3.82. The van der Waals surface area contributed by atoms with Crippen LogP contribution in [0.15, 0.2) is 53.4 Å². The van der Waals surface area contributed by atoms with Gasteiger partial charge in [0.2, 0.25) is 10.0 Å². The zero-order valence-corrected chi connectivity index (χ0v) is 18.8. The van der Waals surface area contributed by atoms with Crippen molar-refractivity contribution < 1.29 is 22.7 Å². The maximum Gasteiger partial charge on any atom is 0.314 e. The molecule has 3 rings (SSSR count). The first kappa shape index (κ1) is 23.0. The standard InChI is InChI=1S/C23H28N2O5S/c1-4-15(2)22(17-8-6-5-7-9-17)23(27)30-14-21(26)25-16(3)12-18-13-19(31(24,28)29)10-11-20(18)25/h5-11,13,15-16,22H,4,12,14H2,1-3H3,(H2,24,28,29). The first-order valence-electron chi connectivity index (χ1n) is 10.3. The molecule has 2 aromatic rings. The summed E-state index contributed by atoms with van der Waals surface area (Å²) in [6, 6.07) is 13.7. The lowest BCUT2D eigenvalue weighted by molar-refractivity contribution is -0.150. The van der Waals surface area contributed by atoms with Crippen molar-refractivity contribution in [3.05, 3.63) is 59.7 Å². The van der Waals surface area contributed by atoms with Gasteiger partial charge in [-0.2, -0.15) is 0 Å². The number of sulfonamides is 1. The minimum absolute atomic E-state index is 0.0124. The number of carbonyl (C=O) groups is 2. The fraction of sp³-hybridized carbons (Fsp3) is 0.391. The molecule has 1 aliphatic rings. The van der Waals surface area contributed by atoms with Gasteiger partial charge in [0.15, 0.2) is 6.61 Å². The number of nitrogens with zero attached hydrogens (tertiary/aromatic N) is 1. The van der Waals surface area contributed by atoms with Crippen LogP contribution in [-0.2, 0) is 30.8 Å². The van der Waals surface area contributed by atoms with Gasteiger partial charge in [-0.25, -0.2) is 13.6 Å². The van der Waals surface area contributed by atoms with E-state index in [1.807, 2.05) is 51.1 Å². The van der Waals surface area contributed by atoms with Gasteiger partial charge in [-0.3, -0.25) is 9.59 Å². The minimum Gasteiger partial charge on any atom is -0.455 e. The van der Waals surface area contributed by atoms with E-state index in [4.69, 9.17) is 9.88 Å². The maximum atomic E-state index is 12.9. The van der Waals surface area contributed by atoms with Crippen LogP contribution < -0.4 is 10.0 Å². The van der Waals surface area contributed by atoms with Gasteiger partial charge in [-0.05, 0) is 48.6 Å². The molecular formula is C23H28N2O5S. The summed E-state index contributed by atoms with van der Waals surface area (Å²) in [4.78, 5) is 27.3. The van der Waals surface area contributed by atoms with Gasteiger partial charge in [0.05, 0.1) is 10.8 Å². The number of fused-ring (bicyclic) bond motifs is 1. The summed E-state index contributed by atoms with van der Waals surface area (Å²) >= 11 is 0. The Labute approximate surface area is 183 Å². The lowest BCUT2D eigenvalue weighted by Gasteiger charge is -2.25. The number of primary sulfonamides is 1. The molecule has 166 valence electrons. The smallest absolute Gasteiger partial charge is 0.314 e. The van der Waals surface area contributed by atoms with E-state index in [1.54, 1.807) is 11.0 Å². The van der Waals surface area contributed by atoms with Crippen LogP contribution in [0.5, 0.6) is 0 Å². The van der Waals surface area contributed by atoms with Gasteiger partial charge in [-0.15, -0.1) is 0 Å². The third kappa shape index (κ3) is 4.97. The Balaban J connectivity index is 1.74. The van der Waals surface area contributed by atoms with Crippen LogP contribution in [0.25, 0.3) is 0 Å². The van der Waals surface area contributed by atoms with Crippen LogP contribution in [-0.4, -0.2) is 32.9 Å². The Morgan fingerprint density at radius 1 is 1.19 bits per heavy atom. The second kappa shape index (κ2) is 9.20. The number of hydrogen-bond acceptors (Lipinski definition) is 5. The van der Waals surface area contributed by atoms with Crippen molar-refractivity contribution in [1.82, 2.24) is 0 Å². The van der Waals surface area contributed by atoms with Gasteiger partial charge in [0.25, 0.3) is 5.91 Å². The van der Waals surface area contributed by atoms with Gasteiger partial charge in [0.1, 0.15) is 0 Å². The highest BCUT2D eigenvalue weighted by atomic mass is 32.2. The summed E-state index contributed by atoms with van der Waals surface area (Å²) < 4.78 is 28.7. The number of amides is 1. The van der Waals surface area contributed by atoms with Gasteiger partial charge < -0.3 is 9.64 Å². The number of esters is 1. The Kier molecular flexibility index (Phi) is 6.81. The van der Waals surface area contributed by atoms with Crippen LogP contribution >= 0.6 is 0 Å². The largest absolute Gasteiger partial charge is 0.455 e. The monoisotopic (exact) mass is 444 g/mol. The van der Waals surface area contributed by atoms with Crippen LogP contribution in [0.2, 0.25) is 0 Å². The molecule has 2 aromatic carbocycles. The number of nitrogens with two attached hydrogens (primary N) is 1. The molecular weight excluding hydrogens is 416 g/mol. The Hall–Kier alpha value is -2.71. The molecule has 0 bridgehead atoms. The highest BCUT2D eigenvalue weighted by Gasteiger charge is 2.33. The van der Waals surface area contributed by atoms with E-state index in [-0.39, 0.29) is 29.4 Å². The average molecular weight is 445 g/mol. The number of carbonyl (C=O) groups excluding carboxylic acids is 2. The first-order chi connectivity index (χ1) is 14.6. The number of rotatable bonds is 7. The molecule has 31 heavy (non-hydrogen) atoms. The predicted octanol–water partition coefficient (Wildman–Crippen LogP) is 2.98. The van der Waals surface area contributed by atoms with E-state index in [0.29, 0.717) is 12.1 Å². The zero-order valence-electron chi connectivity index (χ0n) is 17.9. The van der Waals surface area contributed by atoms with E-state index in [0.717, 1.165) is 17.5 Å². The number of benzene rings is 2. The van der Waals surface area contributed by atoms with Crippen molar-refractivity contribution >= 4 is 27.6 Å². The van der Waals surface area contributed by atoms with Gasteiger partial charge in [0, 0.05) is 11.7 Å². The molecule has 1 aliphatic heterocycles. The Morgan fingerprint density at radius 2 is 1.87 bits per heavy atom. The quantitative estimate of drug-likeness (QED) is 0.661. The second-order valence-electron chi connectivity index (χ2n) is 8.03. The molecule has 0 aromatic heterocycles. The van der Waals surface area contributed by atoms with E-state index >= 15 is 0 Å². The first-order valence-corrected chi connectivity index (χ1v) is 11.9. The minimum atomic E-state index is -3.82. The molecule has 3 atom stereocenters. The van der Waals surface area contributed by atoms with Crippen molar-refractivity contribution in [3.8, 4) is 0 Å². The number of hydrogen-bond donors (Lipinski definition) is 1. The molecule has 7 nitrogen and oxygen atoms in total. The molecule has 1 amide bonds. The lowest BCUT2D eigenvalue weighted by Crippen LogP contribution is -2.39. The van der Waals surface area contributed by atoms with Crippen LogP contribution in [0, 0.1) is 5.92 Å². The van der Waals surface area contributed by atoms with Crippen LogP contribution in [0.4, 0.5) is 5.69 Å². The molecule has 0 radical (unpaired) electrons. The highest BCUT2D eigenvalue weighted by Crippen LogP contribution is 2.34. The molecule has 0 aliphatic carbocycles. The zero-order chi connectivity index (χ0) is 22.8.